The number of nitrogens with one attached hydrogen (secondary N) is 1. The number of ether oxygens (including phenoxy) is 1. The summed E-state index contributed by atoms with van der Waals surface area (Å²) >= 11 is 5.89. The van der Waals surface area contributed by atoms with Crippen LogP contribution in [0.3, 0.4) is 0 Å². The quantitative estimate of drug-likeness (QED) is 0.886. The predicted octanol–water partition coefficient (Wildman–Crippen LogP) is 4.42. The minimum absolute atomic E-state index is 0.0232. The van der Waals surface area contributed by atoms with Crippen molar-refractivity contribution in [1.29, 1.82) is 0 Å². The van der Waals surface area contributed by atoms with E-state index in [1.165, 1.54) is 11.1 Å². The van der Waals surface area contributed by atoms with Crippen LogP contribution in [0, 0.1) is 20.8 Å². The van der Waals surface area contributed by atoms with Crippen molar-refractivity contribution in [3.63, 3.8) is 0 Å². The number of benzene rings is 2. The summed E-state index contributed by atoms with van der Waals surface area (Å²) < 4.78 is 5.50. The highest BCUT2D eigenvalue weighted by Gasteiger charge is 2.06. The molecule has 0 bridgehead atoms. The molecule has 2 aromatic rings. The van der Waals surface area contributed by atoms with Gasteiger partial charge in [-0.05, 0) is 55.7 Å². The summed E-state index contributed by atoms with van der Waals surface area (Å²) in [5.41, 5.74) is 5.17. The lowest BCUT2D eigenvalue weighted by Crippen LogP contribution is -2.18. The lowest BCUT2D eigenvalue weighted by molar-refractivity contribution is -0.121. The highest BCUT2D eigenvalue weighted by molar-refractivity contribution is 6.30. The fourth-order valence-corrected chi connectivity index (χ4v) is 2.44. The molecule has 1 amide bonds. The van der Waals surface area contributed by atoms with E-state index in [0.29, 0.717) is 11.6 Å². The predicted molar refractivity (Wildman–Crippen MR) is 90.4 cm³/mol. The van der Waals surface area contributed by atoms with Crippen molar-refractivity contribution in [1.82, 2.24) is 0 Å². The van der Waals surface area contributed by atoms with Crippen molar-refractivity contribution in [3.8, 4) is 0 Å². The minimum Gasteiger partial charge on any atom is -0.367 e. The molecule has 0 radical (unpaired) electrons. The molecule has 0 fully saturated rings. The van der Waals surface area contributed by atoms with Crippen molar-refractivity contribution >= 4 is 23.2 Å². The molecule has 1 N–H and O–H groups in total. The van der Waals surface area contributed by atoms with E-state index in [2.05, 4.69) is 18.3 Å². The Hall–Kier alpha value is -1.84. The number of amides is 1. The van der Waals surface area contributed by atoms with E-state index >= 15 is 0 Å². The van der Waals surface area contributed by atoms with Crippen LogP contribution in [0.1, 0.15) is 22.3 Å². The molecule has 0 heterocycles. The number of hydrogen-bond acceptors (Lipinski definition) is 2. The van der Waals surface area contributed by atoms with E-state index < -0.39 is 0 Å². The molecule has 0 aliphatic rings. The third-order valence-corrected chi connectivity index (χ3v) is 3.69. The average Bonchev–Trinajstić information content (AvgIpc) is 2.44. The fourth-order valence-electron chi connectivity index (χ4n) is 2.22. The number of rotatable bonds is 5. The second-order valence-corrected chi connectivity index (χ2v) is 5.87. The van der Waals surface area contributed by atoms with E-state index in [9.17, 15) is 4.79 Å². The Morgan fingerprint density at radius 3 is 2.55 bits per heavy atom. The first-order chi connectivity index (χ1) is 10.5. The zero-order chi connectivity index (χ0) is 16.1. The number of carbonyl (C=O) groups excluding carboxylic acids is 1. The molecule has 0 saturated heterocycles. The molecule has 0 saturated carbocycles. The third-order valence-electron chi connectivity index (χ3n) is 3.45. The molecular formula is C18H20ClNO2. The highest BCUT2D eigenvalue weighted by atomic mass is 35.5. The van der Waals surface area contributed by atoms with Gasteiger partial charge < -0.3 is 10.1 Å². The Bertz CT molecular complexity index is 683. The van der Waals surface area contributed by atoms with E-state index in [1.807, 2.05) is 32.0 Å². The first-order valence-corrected chi connectivity index (χ1v) is 7.53. The van der Waals surface area contributed by atoms with Crippen molar-refractivity contribution < 1.29 is 9.53 Å². The SMILES string of the molecule is Cc1ccc(COCC(=O)Nc2ccc(Cl)cc2C)c(C)c1. The van der Waals surface area contributed by atoms with Crippen LogP contribution in [-0.2, 0) is 16.1 Å². The van der Waals surface area contributed by atoms with E-state index in [-0.39, 0.29) is 12.5 Å². The van der Waals surface area contributed by atoms with Crippen molar-refractivity contribution in [2.75, 3.05) is 11.9 Å². The van der Waals surface area contributed by atoms with Gasteiger partial charge in [0, 0.05) is 10.7 Å². The van der Waals surface area contributed by atoms with Gasteiger partial charge in [0.2, 0.25) is 5.91 Å². The summed E-state index contributed by atoms with van der Waals surface area (Å²) in [5, 5.41) is 3.48. The molecule has 0 spiro atoms. The Morgan fingerprint density at radius 1 is 1.09 bits per heavy atom. The number of carbonyl (C=O) groups is 1. The summed E-state index contributed by atoms with van der Waals surface area (Å²) in [7, 11) is 0. The maximum Gasteiger partial charge on any atom is 0.250 e. The molecule has 116 valence electrons. The highest BCUT2D eigenvalue weighted by Crippen LogP contribution is 2.19. The largest absolute Gasteiger partial charge is 0.367 e. The number of aryl methyl sites for hydroxylation is 3. The zero-order valence-corrected chi connectivity index (χ0v) is 13.8. The van der Waals surface area contributed by atoms with Crippen molar-refractivity contribution in [3.05, 3.63) is 63.7 Å². The van der Waals surface area contributed by atoms with Gasteiger partial charge in [0.15, 0.2) is 0 Å². The summed E-state index contributed by atoms with van der Waals surface area (Å²) in [6.45, 7) is 6.45. The Labute approximate surface area is 136 Å². The van der Waals surface area contributed by atoms with Gasteiger partial charge >= 0.3 is 0 Å². The van der Waals surface area contributed by atoms with Gasteiger partial charge in [0.05, 0.1) is 6.61 Å². The van der Waals surface area contributed by atoms with Crippen molar-refractivity contribution in [2.24, 2.45) is 0 Å². The summed E-state index contributed by atoms with van der Waals surface area (Å²) in [4.78, 5) is 11.9. The maximum atomic E-state index is 11.9. The Balaban J connectivity index is 1.85. The lowest BCUT2D eigenvalue weighted by Gasteiger charge is -2.10. The second-order valence-electron chi connectivity index (χ2n) is 5.43. The fraction of sp³-hybridized carbons (Fsp3) is 0.278. The van der Waals surface area contributed by atoms with Crippen LogP contribution in [0.5, 0.6) is 0 Å². The topological polar surface area (TPSA) is 38.3 Å². The van der Waals surface area contributed by atoms with Crippen molar-refractivity contribution in [2.45, 2.75) is 27.4 Å². The third kappa shape index (κ3) is 4.58. The second kappa shape index (κ2) is 7.43. The standard InChI is InChI=1S/C18H20ClNO2/c1-12-4-5-15(13(2)8-12)10-22-11-18(21)20-17-7-6-16(19)9-14(17)3/h4-9H,10-11H2,1-3H3,(H,20,21). The van der Waals surface area contributed by atoms with Gasteiger partial charge in [-0.15, -0.1) is 0 Å². The van der Waals surface area contributed by atoms with Crippen LogP contribution >= 0.6 is 11.6 Å². The maximum absolute atomic E-state index is 11.9. The number of hydrogen-bond donors (Lipinski definition) is 1. The van der Waals surface area contributed by atoms with Gasteiger partial charge in [-0.25, -0.2) is 0 Å². The first kappa shape index (κ1) is 16.5. The van der Waals surface area contributed by atoms with Crippen LogP contribution in [-0.4, -0.2) is 12.5 Å². The molecule has 2 aromatic carbocycles. The molecular weight excluding hydrogens is 298 g/mol. The summed E-state index contributed by atoms with van der Waals surface area (Å²) in [6, 6.07) is 11.5. The van der Waals surface area contributed by atoms with Crippen LogP contribution in [0.4, 0.5) is 5.69 Å². The summed E-state index contributed by atoms with van der Waals surface area (Å²) in [6.07, 6.45) is 0. The smallest absolute Gasteiger partial charge is 0.250 e. The number of halogens is 1. The van der Waals surface area contributed by atoms with Crippen LogP contribution in [0.25, 0.3) is 0 Å². The van der Waals surface area contributed by atoms with E-state index in [1.54, 1.807) is 12.1 Å². The normalized spacial score (nSPS) is 10.5. The van der Waals surface area contributed by atoms with E-state index in [0.717, 1.165) is 16.8 Å². The lowest BCUT2D eigenvalue weighted by atomic mass is 10.1. The summed E-state index contributed by atoms with van der Waals surface area (Å²) in [5.74, 6) is -0.171. The Morgan fingerprint density at radius 2 is 1.86 bits per heavy atom. The molecule has 2 rings (SSSR count). The van der Waals surface area contributed by atoms with Gasteiger partial charge in [-0.2, -0.15) is 0 Å². The molecule has 0 atom stereocenters. The van der Waals surface area contributed by atoms with Gasteiger partial charge in [0.1, 0.15) is 6.61 Å². The minimum atomic E-state index is -0.171. The van der Waals surface area contributed by atoms with Crippen LogP contribution < -0.4 is 5.32 Å². The monoisotopic (exact) mass is 317 g/mol. The number of anilines is 1. The van der Waals surface area contributed by atoms with Gasteiger partial charge in [-0.3, -0.25) is 4.79 Å². The van der Waals surface area contributed by atoms with Gasteiger partial charge in [0.25, 0.3) is 0 Å². The zero-order valence-electron chi connectivity index (χ0n) is 13.1. The molecule has 4 heteroatoms. The average molecular weight is 318 g/mol. The van der Waals surface area contributed by atoms with E-state index in [4.69, 9.17) is 16.3 Å². The Kier molecular flexibility index (Phi) is 5.58. The molecule has 0 aliphatic heterocycles. The molecule has 22 heavy (non-hydrogen) atoms. The van der Waals surface area contributed by atoms with Crippen LogP contribution in [0.2, 0.25) is 5.02 Å². The molecule has 0 unspecified atom stereocenters. The van der Waals surface area contributed by atoms with Gasteiger partial charge in [-0.1, -0.05) is 35.4 Å². The molecule has 0 aliphatic carbocycles. The van der Waals surface area contributed by atoms with Crippen LogP contribution in [0.15, 0.2) is 36.4 Å². The first-order valence-electron chi connectivity index (χ1n) is 7.15. The molecule has 3 nitrogen and oxygen atoms in total. The molecule has 0 aromatic heterocycles.